The fourth-order valence-electron chi connectivity index (χ4n) is 7.36. The Bertz CT molecular complexity index is 1380. The number of carbonyl (C=O) groups excluding carboxylic acids is 2. The van der Waals surface area contributed by atoms with Crippen molar-refractivity contribution in [3.8, 4) is 17.1 Å². The molecule has 12 heteroatoms. The number of aromatic nitrogens is 2. The smallest absolute Gasteiger partial charge is 0.403 e. The van der Waals surface area contributed by atoms with Crippen molar-refractivity contribution in [1.82, 2.24) is 25.1 Å². The number of amides is 2. The minimum Gasteiger partial charge on any atom is -0.477 e. The lowest BCUT2D eigenvalue weighted by atomic mass is 9.67. The van der Waals surface area contributed by atoms with Crippen LogP contribution >= 0.6 is 0 Å². The lowest BCUT2D eigenvalue weighted by Crippen LogP contribution is -2.62. The maximum atomic E-state index is 14.0. The Hall–Kier alpha value is -3.41. The second kappa shape index (κ2) is 12.2. The Kier molecular flexibility index (Phi) is 8.47. The van der Waals surface area contributed by atoms with E-state index in [9.17, 15) is 22.8 Å². The fourth-order valence-corrected chi connectivity index (χ4v) is 7.36. The second-order valence-electron chi connectivity index (χ2n) is 12.5. The van der Waals surface area contributed by atoms with E-state index in [4.69, 9.17) is 9.72 Å². The molecule has 4 saturated heterocycles. The molecule has 2 aromatic heterocycles. The van der Waals surface area contributed by atoms with Crippen LogP contribution in [-0.4, -0.2) is 95.7 Å². The number of carbonyl (C=O) groups is 2. The van der Waals surface area contributed by atoms with Crippen molar-refractivity contribution in [3.63, 3.8) is 0 Å². The van der Waals surface area contributed by atoms with Crippen molar-refractivity contribution in [3.05, 3.63) is 36.2 Å². The molecule has 1 saturated carbocycles. The number of rotatable bonds is 8. The Labute approximate surface area is 256 Å². The van der Waals surface area contributed by atoms with E-state index in [0.29, 0.717) is 54.7 Å². The predicted molar refractivity (Wildman–Crippen MR) is 159 cm³/mol. The van der Waals surface area contributed by atoms with E-state index >= 15 is 0 Å². The van der Waals surface area contributed by atoms with Crippen LogP contribution in [0, 0.1) is 11.3 Å². The Morgan fingerprint density at radius 2 is 1.84 bits per heavy atom. The maximum absolute atomic E-state index is 14.0. The number of nitrogens with one attached hydrogen (secondary N) is 1. The molecule has 0 spiro atoms. The molecule has 0 unspecified atom stereocenters. The number of halogens is 3. The first-order chi connectivity index (χ1) is 21.1. The number of pyridine rings is 2. The van der Waals surface area contributed by atoms with Crippen molar-refractivity contribution in [2.75, 3.05) is 50.8 Å². The highest BCUT2D eigenvalue weighted by molar-refractivity contribution is 5.99. The molecule has 1 N–H and O–H groups in total. The fraction of sp³-hybridized carbons (Fsp3) is 0.625. The molecule has 5 aliphatic rings. The molecule has 7 rings (SSSR count). The number of ether oxygens (including phenoxy) is 1. The summed E-state index contributed by atoms with van der Waals surface area (Å²) in [6.07, 6.45) is -0.142. The summed E-state index contributed by atoms with van der Waals surface area (Å²) in [5.41, 5.74) is -0.183. The van der Waals surface area contributed by atoms with Gasteiger partial charge in [0.1, 0.15) is 5.41 Å². The average Bonchev–Trinajstić information content (AvgIpc) is 3.00. The van der Waals surface area contributed by atoms with Gasteiger partial charge in [-0.3, -0.25) is 9.59 Å². The number of fused-ring (bicyclic) bond motifs is 3. The Morgan fingerprint density at radius 3 is 2.45 bits per heavy atom. The van der Waals surface area contributed by atoms with E-state index in [1.165, 1.54) is 4.90 Å². The second-order valence-corrected chi connectivity index (χ2v) is 12.5. The molecule has 2 aromatic rings. The van der Waals surface area contributed by atoms with Crippen LogP contribution in [0.4, 0.5) is 18.9 Å². The monoisotopic (exact) mass is 614 g/mol. The van der Waals surface area contributed by atoms with Crippen molar-refractivity contribution in [2.45, 2.75) is 70.6 Å². The van der Waals surface area contributed by atoms with Crippen LogP contribution in [0.1, 0.15) is 62.9 Å². The van der Waals surface area contributed by atoms with Crippen molar-refractivity contribution in [1.29, 1.82) is 0 Å². The third kappa shape index (κ3) is 5.50. The van der Waals surface area contributed by atoms with Gasteiger partial charge in [0.25, 0.3) is 5.91 Å². The van der Waals surface area contributed by atoms with Crippen LogP contribution in [0.25, 0.3) is 11.3 Å². The van der Waals surface area contributed by atoms with E-state index in [-0.39, 0.29) is 49.6 Å². The molecular formula is C32H41F3N6O3. The summed E-state index contributed by atoms with van der Waals surface area (Å²) in [5.74, 6) is -0.250. The zero-order valence-electron chi connectivity index (χ0n) is 25.4. The molecule has 44 heavy (non-hydrogen) atoms. The van der Waals surface area contributed by atoms with E-state index in [1.807, 2.05) is 36.9 Å². The summed E-state index contributed by atoms with van der Waals surface area (Å²) in [6.45, 7) is 7.76. The maximum Gasteiger partial charge on any atom is 0.403 e. The van der Waals surface area contributed by atoms with Gasteiger partial charge in [-0.15, -0.1) is 0 Å². The highest BCUT2D eigenvalue weighted by atomic mass is 19.4. The van der Waals surface area contributed by atoms with Gasteiger partial charge < -0.3 is 24.8 Å². The Balaban J connectivity index is 1.31. The molecular weight excluding hydrogens is 573 g/mol. The highest BCUT2D eigenvalue weighted by Crippen LogP contribution is 2.54. The van der Waals surface area contributed by atoms with Gasteiger partial charge in [-0.05, 0) is 82.3 Å². The lowest BCUT2D eigenvalue weighted by molar-refractivity contribution is -0.248. The average molecular weight is 615 g/mol. The minimum absolute atomic E-state index is 0.0261. The number of hydrogen-bond donors (Lipinski definition) is 1. The molecule has 1 aliphatic carbocycles. The number of alkyl halides is 3. The highest BCUT2D eigenvalue weighted by Gasteiger charge is 2.64. The Morgan fingerprint density at radius 1 is 1.07 bits per heavy atom. The van der Waals surface area contributed by atoms with E-state index in [2.05, 4.69) is 15.2 Å². The lowest BCUT2D eigenvalue weighted by Gasteiger charge is -2.49. The van der Waals surface area contributed by atoms with E-state index in [0.717, 1.165) is 32.5 Å². The van der Waals surface area contributed by atoms with Crippen molar-refractivity contribution in [2.24, 2.45) is 11.3 Å². The predicted octanol–water partition coefficient (Wildman–Crippen LogP) is 4.53. The van der Waals surface area contributed by atoms with Crippen molar-refractivity contribution >= 4 is 17.5 Å². The first-order valence-electron chi connectivity index (χ1n) is 15.9. The van der Waals surface area contributed by atoms with Crippen LogP contribution in [0.2, 0.25) is 0 Å². The third-order valence-corrected chi connectivity index (χ3v) is 10.1. The molecule has 4 aliphatic heterocycles. The number of anilines is 1. The molecule has 0 aromatic carbocycles. The van der Waals surface area contributed by atoms with Gasteiger partial charge in [0.05, 0.1) is 23.6 Å². The van der Waals surface area contributed by atoms with Gasteiger partial charge in [0.15, 0.2) is 5.69 Å². The zero-order valence-corrected chi connectivity index (χ0v) is 25.4. The largest absolute Gasteiger partial charge is 0.477 e. The van der Waals surface area contributed by atoms with Gasteiger partial charge in [-0.2, -0.15) is 13.2 Å². The van der Waals surface area contributed by atoms with Crippen LogP contribution < -0.4 is 15.0 Å². The number of nitrogens with zero attached hydrogens (tertiary/aromatic N) is 5. The van der Waals surface area contributed by atoms with E-state index in [1.54, 1.807) is 12.3 Å². The summed E-state index contributed by atoms with van der Waals surface area (Å²) < 4.78 is 47.7. The van der Waals surface area contributed by atoms with Gasteiger partial charge in [-0.25, -0.2) is 9.97 Å². The standard InChI is InChI=1S/C32H41F3N6O3/c1-3-22-19-40(30(43)31(12-6-13-31)32(33,34)35)17-18-41(22)26-9-8-24(23-7-5-14-36-29(23)44-4-2)37-27(26)28(42)38-25-20-39-15-10-21(25)11-16-39/h5,7-9,14,21-22,25H,3-4,6,10-13,15-20H2,1-2H3,(H,38,42)/t22-,25-/m1/s1. The van der Waals surface area contributed by atoms with E-state index < -0.39 is 17.5 Å². The van der Waals surface area contributed by atoms with Gasteiger partial charge >= 0.3 is 6.18 Å². The molecule has 2 amide bonds. The van der Waals surface area contributed by atoms with Crippen LogP contribution in [0.15, 0.2) is 30.5 Å². The summed E-state index contributed by atoms with van der Waals surface area (Å²) in [4.78, 5) is 42.4. The molecule has 2 bridgehead atoms. The molecule has 5 fully saturated rings. The zero-order chi connectivity index (χ0) is 31.1. The first-order valence-corrected chi connectivity index (χ1v) is 15.9. The van der Waals surface area contributed by atoms with Crippen LogP contribution in [-0.2, 0) is 4.79 Å². The third-order valence-electron chi connectivity index (χ3n) is 10.1. The first kappa shape index (κ1) is 30.6. The molecule has 9 nitrogen and oxygen atoms in total. The molecule has 0 radical (unpaired) electrons. The van der Waals surface area contributed by atoms with Gasteiger partial charge in [0, 0.05) is 44.5 Å². The normalized spacial score (nSPS) is 26.2. The van der Waals surface area contributed by atoms with Crippen LogP contribution in [0.5, 0.6) is 5.88 Å². The number of hydrogen-bond acceptors (Lipinski definition) is 7. The quantitative estimate of drug-likeness (QED) is 0.468. The summed E-state index contributed by atoms with van der Waals surface area (Å²) in [6, 6.07) is 7.09. The van der Waals surface area contributed by atoms with Crippen molar-refractivity contribution < 1.29 is 27.5 Å². The SMILES string of the molecule is CCOc1ncccc1-c1ccc(N2CCN(C(=O)C3(C(F)(F)F)CCC3)C[C@H]2CC)c(C(=O)N[C@@H]2CN3CCC2CC3)n1. The topological polar surface area (TPSA) is 90.9 Å². The summed E-state index contributed by atoms with van der Waals surface area (Å²) in [7, 11) is 0. The summed E-state index contributed by atoms with van der Waals surface area (Å²) >= 11 is 0. The van der Waals surface area contributed by atoms with Gasteiger partial charge in [-0.1, -0.05) is 13.3 Å². The number of piperazine rings is 1. The van der Waals surface area contributed by atoms with Gasteiger partial charge in [0.2, 0.25) is 11.8 Å². The molecule has 6 heterocycles. The summed E-state index contributed by atoms with van der Waals surface area (Å²) in [5, 5.41) is 3.27. The molecule has 2 atom stereocenters. The minimum atomic E-state index is -4.56. The molecule has 238 valence electrons. The number of piperidine rings is 3. The van der Waals surface area contributed by atoms with Crippen LogP contribution in [0.3, 0.4) is 0 Å².